The number of nitrogens with zero attached hydrogens (tertiary/aromatic N) is 4. The van der Waals surface area contributed by atoms with Crippen LogP contribution in [0.15, 0.2) is 47.5 Å². The Kier molecular flexibility index (Phi) is 10.5. The lowest BCUT2D eigenvalue weighted by atomic mass is 9.95. The molecule has 0 aliphatic rings. The summed E-state index contributed by atoms with van der Waals surface area (Å²) < 4.78 is 7.07. The van der Waals surface area contributed by atoms with Crippen LogP contribution in [0.1, 0.15) is 64.5 Å². The molecule has 2 aromatic heterocycles. The van der Waals surface area contributed by atoms with Crippen molar-refractivity contribution < 1.29 is 14.6 Å². The number of carbonyl (C=O) groups is 1. The third-order valence-corrected chi connectivity index (χ3v) is 7.26. The molecule has 0 saturated heterocycles. The van der Waals surface area contributed by atoms with Crippen LogP contribution < -0.4 is 20.5 Å². The Morgan fingerprint density at radius 1 is 1.08 bits per heavy atom. The number of methoxy groups -OCH3 is 1. The van der Waals surface area contributed by atoms with Gasteiger partial charge in [-0.3, -0.25) is 4.79 Å². The lowest BCUT2D eigenvalue weighted by Crippen LogP contribution is -2.33. The molecule has 0 spiro atoms. The molecular formula is C30H41N5O4. The topological polar surface area (TPSA) is 110 Å². The van der Waals surface area contributed by atoms with Crippen LogP contribution in [0.3, 0.4) is 0 Å². The number of ether oxygens (including phenoxy) is 1. The van der Waals surface area contributed by atoms with E-state index >= 15 is 0 Å². The number of hydrogen-bond donors (Lipinski definition) is 2. The summed E-state index contributed by atoms with van der Waals surface area (Å²) in [5.74, 6) is 0.913. The zero-order chi connectivity index (χ0) is 28.5. The van der Waals surface area contributed by atoms with E-state index in [4.69, 9.17) is 9.72 Å². The number of aliphatic carboxylic acids is 1. The van der Waals surface area contributed by atoms with E-state index in [0.29, 0.717) is 29.6 Å². The molecule has 0 aliphatic carbocycles. The first-order valence-corrected chi connectivity index (χ1v) is 13.8. The predicted molar refractivity (Wildman–Crippen MR) is 156 cm³/mol. The zero-order valence-corrected chi connectivity index (χ0v) is 23.9. The molecule has 210 valence electrons. The van der Waals surface area contributed by atoms with Crippen LogP contribution >= 0.6 is 0 Å². The molecule has 0 amide bonds. The summed E-state index contributed by atoms with van der Waals surface area (Å²) in [5.41, 5.74) is 2.84. The molecule has 0 fully saturated rings. The molecule has 0 saturated carbocycles. The van der Waals surface area contributed by atoms with Gasteiger partial charge < -0.3 is 24.6 Å². The van der Waals surface area contributed by atoms with Crippen LogP contribution in [0.4, 0.5) is 11.8 Å². The molecule has 9 nitrogen and oxygen atoms in total. The fourth-order valence-corrected chi connectivity index (χ4v) is 4.83. The molecule has 3 rings (SSSR count). The Morgan fingerprint density at radius 2 is 1.74 bits per heavy atom. The van der Waals surface area contributed by atoms with Crippen LogP contribution in [-0.2, 0) is 17.8 Å². The highest BCUT2D eigenvalue weighted by molar-refractivity contribution is 5.78. The van der Waals surface area contributed by atoms with Crippen LogP contribution in [0.5, 0.6) is 5.75 Å². The van der Waals surface area contributed by atoms with Crippen molar-refractivity contribution in [2.45, 2.75) is 72.4 Å². The Balaban J connectivity index is 1.93. The number of pyridine rings is 1. The Bertz CT molecular complexity index is 1300. The highest BCUT2D eigenvalue weighted by Crippen LogP contribution is 2.31. The van der Waals surface area contributed by atoms with Crippen molar-refractivity contribution in [3.63, 3.8) is 0 Å². The Hall–Kier alpha value is -3.88. The van der Waals surface area contributed by atoms with E-state index in [-0.39, 0.29) is 17.9 Å². The number of aromatic nitrogens is 3. The van der Waals surface area contributed by atoms with Gasteiger partial charge in [0, 0.05) is 44.0 Å². The maximum absolute atomic E-state index is 13.0. The first-order valence-electron chi connectivity index (χ1n) is 13.8. The minimum absolute atomic E-state index is 0.128. The predicted octanol–water partition coefficient (Wildman–Crippen LogP) is 5.19. The summed E-state index contributed by atoms with van der Waals surface area (Å²) in [6.45, 7) is 12.3. The van der Waals surface area contributed by atoms with Crippen LogP contribution in [0.25, 0.3) is 11.1 Å². The van der Waals surface area contributed by atoms with Gasteiger partial charge in [-0.25, -0.2) is 9.78 Å². The molecular weight excluding hydrogens is 494 g/mol. The van der Waals surface area contributed by atoms with Gasteiger partial charge in [-0.15, -0.1) is 0 Å². The Labute approximate surface area is 230 Å². The number of anilines is 2. The molecule has 39 heavy (non-hydrogen) atoms. The first-order chi connectivity index (χ1) is 18.8. The summed E-state index contributed by atoms with van der Waals surface area (Å²) in [7, 11) is 1.54. The minimum Gasteiger partial charge on any atom is -0.496 e. The van der Waals surface area contributed by atoms with Gasteiger partial charge in [0.15, 0.2) is 0 Å². The van der Waals surface area contributed by atoms with Crippen molar-refractivity contribution in [2.75, 3.05) is 30.4 Å². The Morgan fingerprint density at radius 3 is 2.28 bits per heavy atom. The van der Waals surface area contributed by atoms with Gasteiger partial charge in [0.25, 0.3) is 5.56 Å². The second-order valence-electron chi connectivity index (χ2n) is 9.45. The van der Waals surface area contributed by atoms with E-state index in [1.54, 1.807) is 23.9 Å². The van der Waals surface area contributed by atoms with Crippen LogP contribution in [0, 0.1) is 0 Å². The number of benzene rings is 1. The van der Waals surface area contributed by atoms with Crippen LogP contribution in [0.2, 0.25) is 0 Å². The van der Waals surface area contributed by atoms with E-state index in [1.807, 2.05) is 56.1 Å². The maximum Gasteiger partial charge on any atom is 0.326 e. The van der Waals surface area contributed by atoms with Gasteiger partial charge in [-0.2, -0.15) is 4.98 Å². The van der Waals surface area contributed by atoms with Crippen molar-refractivity contribution >= 4 is 17.7 Å². The summed E-state index contributed by atoms with van der Waals surface area (Å²) in [5, 5.41) is 13.4. The average Bonchev–Trinajstić information content (AvgIpc) is 2.95. The smallest absolute Gasteiger partial charge is 0.326 e. The van der Waals surface area contributed by atoms with Gasteiger partial charge in [-0.05, 0) is 56.7 Å². The van der Waals surface area contributed by atoms with E-state index in [9.17, 15) is 14.7 Å². The molecule has 1 atom stereocenters. The van der Waals surface area contributed by atoms with Crippen molar-refractivity contribution in [3.05, 3.63) is 64.2 Å². The third-order valence-electron chi connectivity index (χ3n) is 7.26. The average molecular weight is 536 g/mol. The first kappa shape index (κ1) is 29.7. The number of aryl methyl sites for hydroxylation is 1. The number of carboxylic acid groups (broad SMARTS) is 1. The van der Waals surface area contributed by atoms with Crippen LogP contribution in [-0.4, -0.2) is 51.9 Å². The summed E-state index contributed by atoms with van der Waals surface area (Å²) in [6, 6.07) is 8.28. The molecule has 3 aromatic rings. The minimum atomic E-state index is -0.965. The largest absolute Gasteiger partial charge is 0.496 e. The van der Waals surface area contributed by atoms with Crippen molar-refractivity contribution in [2.24, 2.45) is 0 Å². The number of rotatable bonds is 14. The van der Waals surface area contributed by atoms with Gasteiger partial charge >= 0.3 is 5.97 Å². The number of nitrogens with one attached hydrogen (secondary N) is 1. The lowest BCUT2D eigenvalue weighted by molar-refractivity contribution is -0.137. The van der Waals surface area contributed by atoms with Gasteiger partial charge in [0.2, 0.25) is 5.95 Å². The molecule has 1 aromatic carbocycles. The molecule has 2 heterocycles. The monoisotopic (exact) mass is 535 g/mol. The summed E-state index contributed by atoms with van der Waals surface area (Å²) >= 11 is 0. The van der Waals surface area contributed by atoms with Gasteiger partial charge in [0.05, 0.1) is 12.7 Å². The third kappa shape index (κ3) is 6.77. The van der Waals surface area contributed by atoms with E-state index in [2.05, 4.69) is 24.1 Å². The van der Waals surface area contributed by atoms with E-state index < -0.39 is 12.0 Å². The maximum atomic E-state index is 13.0. The van der Waals surface area contributed by atoms with Crippen molar-refractivity contribution in [1.82, 2.24) is 14.5 Å². The van der Waals surface area contributed by atoms with E-state index in [0.717, 1.165) is 42.6 Å². The summed E-state index contributed by atoms with van der Waals surface area (Å²) in [6.07, 6.45) is 5.61. The second-order valence-corrected chi connectivity index (χ2v) is 9.45. The lowest BCUT2D eigenvalue weighted by Gasteiger charge is -2.24. The molecule has 0 bridgehead atoms. The quantitative estimate of drug-likeness (QED) is 0.290. The number of carboxylic acids is 1. The van der Waals surface area contributed by atoms with Gasteiger partial charge in [-0.1, -0.05) is 38.1 Å². The summed E-state index contributed by atoms with van der Waals surface area (Å²) in [4.78, 5) is 36.8. The number of hydrogen-bond acceptors (Lipinski definition) is 7. The van der Waals surface area contributed by atoms with Crippen molar-refractivity contribution in [3.8, 4) is 16.9 Å². The zero-order valence-electron chi connectivity index (χ0n) is 23.9. The SMILES string of the molecule is CCC(CC)c1cnc(N(CC)CC)nc1N[C@@H](Cc1ccc(-c2c(OC)ccn(CC)c2=O)cc1)C(=O)O. The highest BCUT2D eigenvalue weighted by atomic mass is 16.5. The van der Waals surface area contributed by atoms with Crippen molar-refractivity contribution in [1.29, 1.82) is 0 Å². The van der Waals surface area contributed by atoms with E-state index in [1.165, 1.54) is 0 Å². The molecule has 2 N–H and O–H groups in total. The van der Waals surface area contributed by atoms with Gasteiger partial charge in [0.1, 0.15) is 17.6 Å². The molecule has 9 heteroatoms. The second kappa shape index (κ2) is 13.8. The normalized spacial score (nSPS) is 11.9. The molecule has 0 radical (unpaired) electrons. The highest BCUT2D eigenvalue weighted by Gasteiger charge is 2.24. The standard InChI is InChI=1S/C30H41N5O4/c1-7-21(8-2)23-19-31-30(34(9-3)10-4)33-27(23)32-24(29(37)38)18-20-12-14-22(15-13-20)26-25(39-6)16-17-35(11-5)28(26)36/h12-17,19,21,24H,7-11,18H2,1-6H3,(H,37,38)(H,31,32,33)/t24-/m0/s1. The fraction of sp³-hybridized carbons (Fsp3) is 0.467. The molecule has 0 aliphatic heterocycles. The molecule has 0 unspecified atom stereocenters. The fourth-order valence-electron chi connectivity index (χ4n) is 4.83.